The lowest BCUT2D eigenvalue weighted by Gasteiger charge is -2.09. The average Bonchev–Trinajstić information content (AvgIpc) is 3.32. The van der Waals surface area contributed by atoms with Gasteiger partial charge in [0.25, 0.3) is 0 Å². The molecule has 3 aromatic carbocycles. The van der Waals surface area contributed by atoms with Crippen molar-refractivity contribution in [2.24, 2.45) is 5.16 Å². The average molecular weight is 595 g/mol. The third-order valence-corrected chi connectivity index (χ3v) is 8.80. The molecule has 0 fully saturated rings. The second-order valence-electron chi connectivity index (χ2n) is 10.4. The number of carbonyl (C=O) groups excluding carboxylic acids is 3. The minimum absolute atomic E-state index is 0.0388. The number of carbonyl (C=O) groups is 3. The van der Waals surface area contributed by atoms with E-state index in [0.717, 1.165) is 40.3 Å². The Morgan fingerprint density at radius 1 is 0.930 bits per heavy atom. The van der Waals surface area contributed by atoms with Crippen molar-refractivity contribution in [2.45, 2.75) is 60.9 Å². The normalized spacial score (nSPS) is 12.7. The van der Waals surface area contributed by atoms with Crippen LogP contribution in [0, 0.1) is 6.92 Å². The lowest BCUT2D eigenvalue weighted by Crippen LogP contribution is -2.17. The molecule has 0 atom stereocenters. The van der Waals surface area contributed by atoms with Crippen molar-refractivity contribution in [2.75, 3.05) is 5.75 Å². The standard InChI is InChI=1S/C36H38N2O4S/c1-7-12-24(5)34(8-2)43-20-19-31(37-42-25(6)39)36(41)27-16-18-33-30(22-27)29-21-26(15-17-32(29)38(33)9-3)35(40)28-14-11-10-13-23(28)4/h7,10-18,21-22H,8-9,19-20H2,1-6H3. The van der Waals surface area contributed by atoms with Crippen LogP contribution in [0.25, 0.3) is 21.8 Å². The maximum atomic E-state index is 13.8. The molecule has 4 rings (SSSR count). The zero-order chi connectivity index (χ0) is 31.1. The van der Waals surface area contributed by atoms with Crippen LogP contribution in [-0.2, 0) is 16.2 Å². The van der Waals surface area contributed by atoms with Crippen LogP contribution in [0.15, 0.2) is 88.4 Å². The smallest absolute Gasteiger partial charge is 0.331 e. The molecule has 7 heteroatoms. The molecule has 222 valence electrons. The number of aromatic nitrogens is 1. The number of hydrogen-bond acceptors (Lipinski definition) is 6. The molecule has 6 nitrogen and oxygen atoms in total. The van der Waals surface area contributed by atoms with Crippen LogP contribution in [0.5, 0.6) is 0 Å². The zero-order valence-corrected chi connectivity index (χ0v) is 26.5. The molecule has 0 aliphatic heterocycles. The predicted molar refractivity (Wildman–Crippen MR) is 178 cm³/mol. The third-order valence-electron chi connectivity index (χ3n) is 7.43. The van der Waals surface area contributed by atoms with E-state index < -0.39 is 5.97 Å². The number of Topliss-reactive ketones (excluding diaryl/α,β-unsaturated/α-hetero) is 1. The summed E-state index contributed by atoms with van der Waals surface area (Å²) in [5.41, 5.74) is 5.98. The van der Waals surface area contributed by atoms with Gasteiger partial charge in [-0.25, -0.2) is 4.79 Å². The van der Waals surface area contributed by atoms with Crippen molar-refractivity contribution < 1.29 is 19.2 Å². The molecule has 0 aliphatic carbocycles. The van der Waals surface area contributed by atoms with Gasteiger partial charge >= 0.3 is 5.97 Å². The van der Waals surface area contributed by atoms with Gasteiger partial charge in [0.2, 0.25) is 5.78 Å². The van der Waals surface area contributed by atoms with Crippen LogP contribution < -0.4 is 0 Å². The van der Waals surface area contributed by atoms with Gasteiger partial charge in [-0.2, -0.15) is 0 Å². The molecule has 0 unspecified atom stereocenters. The van der Waals surface area contributed by atoms with E-state index in [1.165, 1.54) is 17.4 Å². The molecule has 0 saturated carbocycles. The van der Waals surface area contributed by atoms with Crippen LogP contribution in [0.2, 0.25) is 0 Å². The number of aryl methyl sites for hydroxylation is 2. The Bertz CT molecular complexity index is 1790. The number of oxime groups is 1. The SMILES string of the molecule is CC=CC(C)=C(CC)SCCC(=NOC(C)=O)C(=O)c1ccc2c(c1)c1cc(C(=O)c3ccccc3C)ccc1n2CC. The van der Waals surface area contributed by atoms with Gasteiger partial charge in [0.1, 0.15) is 5.71 Å². The summed E-state index contributed by atoms with van der Waals surface area (Å²) in [4.78, 5) is 45.0. The van der Waals surface area contributed by atoms with E-state index in [9.17, 15) is 14.4 Å². The summed E-state index contributed by atoms with van der Waals surface area (Å²) >= 11 is 1.68. The molecular formula is C36H38N2O4S. The summed E-state index contributed by atoms with van der Waals surface area (Å²) in [6.45, 7) is 12.2. The second-order valence-corrected chi connectivity index (χ2v) is 11.6. The van der Waals surface area contributed by atoms with Gasteiger partial charge < -0.3 is 9.40 Å². The minimum atomic E-state index is -0.580. The summed E-state index contributed by atoms with van der Waals surface area (Å²) in [7, 11) is 0. The van der Waals surface area contributed by atoms with Gasteiger partial charge in [-0.3, -0.25) is 9.59 Å². The Kier molecular flexibility index (Phi) is 10.5. The quantitative estimate of drug-likeness (QED) is 0.0538. The number of thioether (sulfide) groups is 1. The monoisotopic (exact) mass is 594 g/mol. The first kappa shape index (κ1) is 31.7. The molecule has 43 heavy (non-hydrogen) atoms. The molecule has 0 saturated heterocycles. The van der Waals surface area contributed by atoms with Crippen LogP contribution in [0.4, 0.5) is 0 Å². The number of rotatable bonds is 12. The van der Waals surface area contributed by atoms with E-state index in [1.54, 1.807) is 17.8 Å². The van der Waals surface area contributed by atoms with Crippen molar-refractivity contribution in [3.8, 4) is 0 Å². The Morgan fingerprint density at radius 3 is 2.19 bits per heavy atom. The number of nitrogens with zero attached hydrogens (tertiary/aromatic N) is 2. The number of fused-ring (bicyclic) bond motifs is 3. The summed E-state index contributed by atoms with van der Waals surface area (Å²) in [6, 6.07) is 18.9. The van der Waals surface area contributed by atoms with Crippen LogP contribution >= 0.6 is 11.8 Å². The Labute approximate surface area is 257 Å². The Balaban J connectivity index is 1.73. The highest BCUT2D eigenvalue weighted by molar-refractivity contribution is 8.03. The molecule has 1 heterocycles. The molecule has 0 N–H and O–H groups in total. The first-order chi connectivity index (χ1) is 20.7. The predicted octanol–water partition coefficient (Wildman–Crippen LogP) is 8.84. The van der Waals surface area contributed by atoms with Crippen molar-refractivity contribution in [3.63, 3.8) is 0 Å². The highest BCUT2D eigenvalue weighted by Crippen LogP contribution is 2.32. The van der Waals surface area contributed by atoms with Gasteiger partial charge in [-0.05, 0) is 86.6 Å². The number of allylic oxidation sites excluding steroid dienone is 4. The van der Waals surface area contributed by atoms with Gasteiger partial charge in [0, 0.05) is 64.1 Å². The van der Waals surface area contributed by atoms with E-state index in [-0.39, 0.29) is 17.3 Å². The third kappa shape index (κ3) is 7.05. The van der Waals surface area contributed by atoms with Crippen molar-refractivity contribution in [3.05, 3.63) is 106 Å². The fraction of sp³-hybridized carbons (Fsp3) is 0.278. The van der Waals surface area contributed by atoms with Crippen LogP contribution in [0.1, 0.15) is 79.3 Å². The van der Waals surface area contributed by atoms with Gasteiger partial charge in [0.05, 0.1) is 0 Å². The lowest BCUT2D eigenvalue weighted by molar-refractivity contribution is -0.140. The number of ketones is 2. The summed E-state index contributed by atoms with van der Waals surface area (Å²) in [5, 5.41) is 5.75. The van der Waals surface area contributed by atoms with E-state index in [1.807, 2.05) is 74.5 Å². The Morgan fingerprint density at radius 2 is 1.58 bits per heavy atom. The van der Waals surface area contributed by atoms with Gasteiger partial charge in [-0.15, -0.1) is 11.8 Å². The maximum Gasteiger partial charge on any atom is 0.331 e. The van der Waals surface area contributed by atoms with Crippen LogP contribution in [-0.4, -0.2) is 33.6 Å². The van der Waals surface area contributed by atoms with Crippen molar-refractivity contribution >= 4 is 56.8 Å². The lowest BCUT2D eigenvalue weighted by atomic mass is 9.97. The molecule has 0 aliphatic rings. The maximum absolute atomic E-state index is 13.8. The van der Waals surface area contributed by atoms with Crippen LogP contribution in [0.3, 0.4) is 0 Å². The molecule has 0 amide bonds. The molecule has 4 aromatic rings. The van der Waals surface area contributed by atoms with E-state index in [2.05, 4.69) is 36.6 Å². The fourth-order valence-electron chi connectivity index (χ4n) is 5.31. The summed E-state index contributed by atoms with van der Waals surface area (Å²) in [6.07, 6.45) is 5.31. The highest BCUT2D eigenvalue weighted by Gasteiger charge is 2.20. The topological polar surface area (TPSA) is 77.7 Å². The summed E-state index contributed by atoms with van der Waals surface area (Å²) in [5.74, 6) is -0.294. The number of hydrogen-bond donors (Lipinski definition) is 0. The van der Waals surface area contributed by atoms with Gasteiger partial charge in [-0.1, -0.05) is 48.5 Å². The van der Waals surface area contributed by atoms with Gasteiger partial charge in [0.15, 0.2) is 5.78 Å². The molecule has 0 spiro atoms. The van der Waals surface area contributed by atoms with Crippen molar-refractivity contribution in [1.29, 1.82) is 0 Å². The molecule has 0 bridgehead atoms. The largest absolute Gasteiger partial charge is 0.341 e. The fourth-order valence-corrected chi connectivity index (χ4v) is 6.35. The highest BCUT2D eigenvalue weighted by atomic mass is 32.2. The zero-order valence-electron chi connectivity index (χ0n) is 25.7. The number of benzene rings is 3. The van der Waals surface area contributed by atoms with E-state index in [4.69, 9.17) is 4.84 Å². The second kappa shape index (κ2) is 14.3. The first-order valence-corrected chi connectivity index (χ1v) is 15.6. The summed E-state index contributed by atoms with van der Waals surface area (Å²) < 4.78 is 2.18. The van der Waals surface area contributed by atoms with Crippen molar-refractivity contribution in [1.82, 2.24) is 4.57 Å². The molecule has 0 radical (unpaired) electrons. The molecule has 1 aromatic heterocycles. The minimum Gasteiger partial charge on any atom is -0.341 e. The van der Waals surface area contributed by atoms with E-state index in [0.29, 0.717) is 28.9 Å². The Hall–Kier alpha value is -4.23. The first-order valence-electron chi connectivity index (χ1n) is 14.6. The van der Waals surface area contributed by atoms with E-state index >= 15 is 0 Å². The molecular weight excluding hydrogens is 556 g/mol.